The molecule has 102 valence electrons. The number of para-hydroxylation sites is 1. The molecule has 0 unspecified atom stereocenters. The summed E-state index contributed by atoms with van der Waals surface area (Å²) in [5, 5.41) is 13.1. The van der Waals surface area contributed by atoms with E-state index in [0.717, 1.165) is 19.5 Å². The van der Waals surface area contributed by atoms with Gasteiger partial charge in [0, 0.05) is 23.0 Å². The molecule has 0 amide bonds. The van der Waals surface area contributed by atoms with E-state index in [9.17, 15) is 4.79 Å². The van der Waals surface area contributed by atoms with Crippen LogP contribution in [0.3, 0.4) is 0 Å². The Morgan fingerprint density at radius 1 is 1.32 bits per heavy atom. The Morgan fingerprint density at radius 2 is 2.11 bits per heavy atom. The highest BCUT2D eigenvalue weighted by Gasteiger charge is 2.06. The monoisotopic (exact) mass is 260 g/mol. The smallest absolute Gasteiger partial charge is 0.303 e. The second-order valence-electron chi connectivity index (χ2n) is 4.77. The molecule has 4 nitrogen and oxygen atoms in total. The quantitative estimate of drug-likeness (QED) is 0.670. The van der Waals surface area contributed by atoms with Crippen molar-refractivity contribution in [3.63, 3.8) is 0 Å². The molecule has 4 heteroatoms. The minimum absolute atomic E-state index is 0.235. The van der Waals surface area contributed by atoms with Gasteiger partial charge in [-0.3, -0.25) is 4.79 Å². The normalized spacial score (nSPS) is 11.0. The van der Waals surface area contributed by atoms with Gasteiger partial charge in [0.05, 0.1) is 0 Å². The standard InChI is InChI=1S/C15H20N2O2/c1-11-12(8-10-16-9-4-7-15(18)19)13-5-2-3-6-14(13)17-11/h2-3,5-6,16-17H,4,7-10H2,1H3,(H,18,19). The molecule has 0 aliphatic carbocycles. The zero-order valence-electron chi connectivity index (χ0n) is 11.2. The average Bonchev–Trinajstić information content (AvgIpc) is 2.69. The van der Waals surface area contributed by atoms with E-state index >= 15 is 0 Å². The zero-order chi connectivity index (χ0) is 13.7. The summed E-state index contributed by atoms with van der Waals surface area (Å²) in [7, 11) is 0. The van der Waals surface area contributed by atoms with Crippen LogP contribution in [0.15, 0.2) is 24.3 Å². The number of benzene rings is 1. The summed E-state index contributed by atoms with van der Waals surface area (Å²) < 4.78 is 0. The van der Waals surface area contributed by atoms with E-state index in [1.165, 1.54) is 22.2 Å². The first-order valence-corrected chi connectivity index (χ1v) is 6.67. The van der Waals surface area contributed by atoms with Crippen LogP contribution in [0.5, 0.6) is 0 Å². The lowest BCUT2D eigenvalue weighted by molar-refractivity contribution is -0.137. The predicted molar refractivity (Wildman–Crippen MR) is 76.5 cm³/mol. The highest BCUT2D eigenvalue weighted by Crippen LogP contribution is 2.21. The van der Waals surface area contributed by atoms with Crippen molar-refractivity contribution in [2.75, 3.05) is 13.1 Å². The molecule has 1 heterocycles. The summed E-state index contributed by atoms with van der Waals surface area (Å²) in [4.78, 5) is 13.8. The number of hydrogen-bond acceptors (Lipinski definition) is 2. The number of H-pyrrole nitrogens is 1. The molecule has 1 aromatic carbocycles. The molecule has 0 bridgehead atoms. The average molecular weight is 260 g/mol. The zero-order valence-corrected chi connectivity index (χ0v) is 11.2. The maximum absolute atomic E-state index is 10.4. The van der Waals surface area contributed by atoms with Gasteiger partial charge >= 0.3 is 5.97 Å². The number of fused-ring (bicyclic) bond motifs is 1. The van der Waals surface area contributed by atoms with Gasteiger partial charge in [0.1, 0.15) is 0 Å². The Kier molecular flexibility index (Phi) is 4.58. The Labute approximate surface area is 112 Å². The summed E-state index contributed by atoms with van der Waals surface area (Å²) in [5.41, 5.74) is 3.75. The number of rotatable bonds is 7. The van der Waals surface area contributed by atoms with Crippen LogP contribution in [0.2, 0.25) is 0 Å². The molecule has 0 spiro atoms. The van der Waals surface area contributed by atoms with Crippen LogP contribution in [0.1, 0.15) is 24.1 Å². The second kappa shape index (κ2) is 6.38. The molecule has 3 N–H and O–H groups in total. The van der Waals surface area contributed by atoms with Gasteiger partial charge < -0.3 is 15.4 Å². The SMILES string of the molecule is Cc1[nH]c2ccccc2c1CCNCCCC(=O)O. The Bertz CT molecular complexity index is 560. The van der Waals surface area contributed by atoms with Crippen LogP contribution in [0, 0.1) is 6.92 Å². The number of carbonyl (C=O) groups is 1. The molecule has 0 aliphatic rings. The summed E-state index contributed by atoms with van der Waals surface area (Å²) in [6.07, 6.45) is 1.88. The Morgan fingerprint density at radius 3 is 2.89 bits per heavy atom. The topological polar surface area (TPSA) is 65.1 Å². The molecule has 0 aliphatic heterocycles. The van der Waals surface area contributed by atoms with Crippen molar-refractivity contribution in [1.82, 2.24) is 10.3 Å². The fourth-order valence-electron chi connectivity index (χ4n) is 2.36. The van der Waals surface area contributed by atoms with Crippen molar-refractivity contribution in [2.24, 2.45) is 0 Å². The Hall–Kier alpha value is -1.81. The molecular formula is C15H20N2O2. The van der Waals surface area contributed by atoms with Crippen LogP contribution in [0.25, 0.3) is 10.9 Å². The number of aromatic nitrogens is 1. The van der Waals surface area contributed by atoms with E-state index in [0.29, 0.717) is 6.42 Å². The minimum Gasteiger partial charge on any atom is -0.481 e. The van der Waals surface area contributed by atoms with Crippen molar-refractivity contribution in [3.8, 4) is 0 Å². The molecule has 2 rings (SSSR count). The number of aromatic amines is 1. The first kappa shape index (κ1) is 13.6. The number of hydrogen-bond donors (Lipinski definition) is 3. The van der Waals surface area contributed by atoms with Crippen LogP contribution >= 0.6 is 0 Å². The fraction of sp³-hybridized carbons (Fsp3) is 0.400. The van der Waals surface area contributed by atoms with Crippen LogP contribution in [-0.2, 0) is 11.2 Å². The molecule has 2 aromatic rings. The van der Waals surface area contributed by atoms with Crippen molar-refractivity contribution in [1.29, 1.82) is 0 Å². The summed E-state index contributed by atoms with van der Waals surface area (Å²) >= 11 is 0. The maximum Gasteiger partial charge on any atom is 0.303 e. The van der Waals surface area contributed by atoms with Gasteiger partial charge in [-0.15, -0.1) is 0 Å². The molecule has 0 saturated heterocycles. The molecule has 0 radical (unpaired) electrons. The van der Waals surface area contributed by atoms with E-state index in [1.807, 2.05) is 6.07 Å². The van der Waals surface area contributed by atoms with Crippen molar-refractivity contribution < 1.29 is 9.90 Å². The maximum atomic E-state index is 10.4. The summed E-state index contributed by atoms with van der Waals surface area (Å²) in [6, 6.07) is 8.32. The largest absolute Gasteiger partial charge is 0.481 e. The van der Waals surface area contributed by atoms with E-state index in [4.69, 9.17) is 5.11 Å². The lowest BCUT2D eigenvalue weighted by Crippen LogP contribution is -2.19. The molecule has 1 aromatic heterocycles. The highest BCUT2D eigenvalue weighted by molar-refractivity contribution is 5.84. The number of carboxylic acids is 1. The first-order chi connectivity index (χ1) is 9.18. The number of carboxylic acid groups (broad SMARTS) is 1. The minimum atomic E-state index is -0.728. The van der Waals surface area contributed by atoms with Gasteiger partial charge in [-0.1, -0.05) is 18.2 Å². The fourth-order valence-corrected chi connectivity index (χ4v) is 2.36. The number of aryl methyl sites for hydroxylation is 1. The number of aliphatic carboxylic acids is 1. The van der Waals surface area contributed by atoms with Gasteiger partial charge in [0.2, 0.25) is 0 Å². The van der Waals surface area contributed by atoms with Crippen LogP contribution in [-0.4, -0.2) is 29.1 Å². The van der Waals surface area contributed by atoms with Gasteiger partial charge in [-0.2, -0.15) is 0 Å². The predicted octanol–water partition coefficient (Wildman–Crippen LogP) is 2.47. The molecule has 0 fully saturated rings. The third-order valence-corrected chi connectivity index (χ3v) is 3.32. The third kappa shape index (κ3) is 3.58. The van der Waals surface area contributed by atoms with E-state index in [2.05, 4.69) is 35.4 Å². The molecule has 0 atom stereocenters. The van der Waals surface area contributed by atoms with E-state index in [1.54, 1.807) is 0 Å². The van der Waals surface area contributed by atoms with Crippen molar-refractivity contribution in [2.45, 2.75) is 26.2 Å². The Balaban J connectivity index is 1.84. The van der Waals surface area contributed by atoms with Gasteiger partial charge in [-0.05, 0) is 44.5 Å². The second-order valence-corrected chi connectivity index (χ2v) is 4.77. The van der Waals surface area contributed by atoms with E-state index < -0.39 is 5.97 Å². The first-order valence-electron chi connectivity index (χ1n) is 6.67. The van der Waals surface area contributed by atoms with Crippen LogP contribution in [0.4, 0.5) is 0 Å². The lowest BCUT2D eigenvalue weighted by Gasteiger charge is -2.04. The van der Waals surface area contributed by atoms with Crippen molar-refractivity contribution in [3.05, 3.63) is 35.5 Å². The third-order valence-electron chi connectivity index (χ3n) is 3.32. The van der Waals surface area contributed by atoms with Gasteiger partial charge in [0.15, 0.2) is 0 Å². The molecule has 19 heavy (non-hydrogen) atoms. The highest BCUT2D eigenvalue weighted by atomic mass is 16.4. The summed E-state index contributed by atoms with van der Waals surface area (Å²) in [5.74, 6) is -0.728. The van der Waals surface area contributed by atoms with Gasteiger partial charge in [0.25, 0.3) is 0 Å². The molecule has 0 saturated carbocycles. The van der Waals surface area contributed by atoms with Gasteiger partial charge in [-0.25, -0.2) is 0 Å². The van der Waals surface area contributed by atoms with Crippen LogP contribution < -0.4 is 5.32 Å². The summed E-state index contributed by atoms with van der Waals surface area (Å²) in [6.45, 7) is 3.73. The number of nitrogens with one attached hydrogen (secondary N) is 2. The lowest BCUT2D eigenvalue weighted by atomic mass is 10.1. The van der Waals surface area contributed by atoms with Crippen molar-refractivity contribution >= 4 is 16.9 Å². The van der Waals surface area contributed by atoms with E-state index in [-0.39, 0.29) is 6.42 Å². The molecular weight excluding hydrogens is 240 g/mol.